The van der Waals surface area contributed by atoms with E-state index in [-0.39, 0.29) is 6.09 Å². The Morgan fingerprint density at radius 3 is 2.70 bits per heavy atom. The zero-order valence-corrected chi connectivity index (χ0v) is 12.5. The van der Waals surface area contributed by atoms with E-state index in [1.54, 1.807) is 4.90 Å². The van der Waals surface area contributed by atoms with Crippen molar-refractivity contribution in [2.45, 2.75) is 46.3 Å². The van der Waals surface area contributed by atoms with Gasteiger partial charge in [0, 0.05) is 13.1 Å². The summed E-state index contributed by atoms with van der Waals surface area (Å²) in [5.74, 6) is 0. The van der Waals surface area contributed by atoms with Gasteiger partial charge in [-0.2, -0.15) is 5.26 Å². The third-order valence-corrected chi connectivity index (χ3v) is 3.37. The topological polar surface area (TPSA) is 53.3 Å². The zero-order valence-electron chi connectivity index (χ0n) is 12.5. The van der Waals surface area contributed by atoms with Crippen molar-refractivity contribution >= 4 is 6.09 Å². The second-order valence-electron chi connectivity index (χ2n) is 6.16. The minimum atomic E-state index is -0.484. The average Bonchev–Trinajstić information content (AvgIpc) is 2.36. The first-order valence-electron chi connectivity index (χ1n) is 6.81. The molecule has 20 heavy (non-hydrogen) atoms. The average molecular weight is 272 g/mol. The monoisotopic (exact) mass is 272 g/mol. The van der Waals surface area contributed by atoms with E-state index in [2.05, 4.69) is 6.07 Å². The highest BCUT2D eigenvalue weighted by molar-refractivity contribution is 5.69. The van der Waals surface area contributed by atoms with E-state index in [0.29, 0.717) is 19.5 Å². The molecule has 2 rings (SSSR count). The maximum Gasteiger partial charge on any atom is 0.410 e. The van der Waals surface area contributed by atoms with Crippen LogP contribution in [0.1, 0.15) is 43.0 Å². The summed E-state index contributed by atoms with van der Waals surface area (Å²) in [6.45, 7) is 8.64. The number of carbonyl (C=O) groups is 1. The number of carbonyl (C=O) groups excluding carboxylic acids is 1. The number of ether oxygens (including phenoxy) is 1. The van der Waals surface area contributed by atoms with E-state index >= 15 is 0 Å². The molecular weight excluding hydrogens is 252 g/mol. The largest absolute Gasteiger partial charge is 0.444 e. The van der Waals surface area contributed by atoms with E-state index in [0.717, 1.165) is 22.3 Å². The molecule has 1 aliphatic heterocycles. The number of hydrogen-bond acceptors (Lipinski definition) is 3. The van der Waals surface area contributed by atoms with Gasteiger partial charge in [0.15, 0.2) is 0 Å². The van der Waals surface area contributed by atoms with Crippen molar-refractivity contribution in [3.8, 4) is 6.07 Å². The van der Waals surface area contributed by atoms with Crippen LogP contribution in [0.3, 0.4) is 0 Å². The van der Waals surface area contributed by atoms with Crippen molar-refractivity contribution in [2.24, 2.45) is 0 Å². The fourth-order valence-electron chi connectivity index (χ4n) is 2.41. The Labute approximate surface area is 120 Å². The fourth-order valence-corrected chi connectivity index (χ4v) is 2.41. The predicted octanol–water partition coefficient (Wildman–Crippen LogP) is 3.16. The molecule has 0 bridgehead atoms. The van der Waals surface area contributed by atoms with Gasteiger partial charge in [0.1, 0.15) is 5.60 Å². The van der Waals surface area contributed by atoms with Gasteiger partial charge >= 0.3 is 6.09 Å². The number of hydrogen-bond donors (Lipinski definition) is 0. The van der Waals surface area contributed by atoms with Crippen LogP contribution in [-0.4, -0.2) is 23.1 Å². The predicted molar refractivity (Wildman–Crippen MR) is 76.2 cm³/mol. The molecule has 0 N–H and O–H groups in total. The molecule has 1 heterocycles. The number of fused-ring (bicyclic) bond motifs is 1. The van der Waals surface area contributed by atoms with E-state index < -0.39 is 5.60 Å². The summed E-state index contributed by atoms with van der Waals surface area (Å²) in [5.41, 5.74) is 3.39. The molecule has 0 spiro atoms. The van der Waals surface area contributed by atoms with Gasteiger partial charge < -0.3 is 9.64 Å². The lowest BCUT2D eigenvalue weighted by Gasteiger charge is -2.31. The summed E-state index contributed by atoms with van der Waals surface area (Å²) >= 11 is 0. The first-order valence-corrected chi connectivity index (χ1v) is 6.81. The lowest BCUT2D eigenvalue weighted by Crippen LogP contribution is -2.40. The highest BCUT2D eigenvalue weighted by Crippen LogP contribution is 2.25. The van der Waals surface area contributed by atoms with Crippen LogP contribution in [-0.2, 0) is 17.7 Å². The van der Waals surface area contributed by atoms with E-state index in [1.165, 1.54) is 0 Å². The van der Waals surface area contributed by atoms with E-state index in [9.17, 15) is 10.1 Å². The van der Waals surface area contributed by atoms with Crippen molar-refractivity contribution in [3.05, 3.63) is 34.4 Å². The van der Waals surface area contributed by atoms with Crippen molar-refractivity contribution < 1.29 is 9.53 Å². The zero-order chi connectivity index (χ0) is 14.9. The molecule has 1 amide bonds. The van der Waals surface area contributed by atoms with E-state index in [4.69, 9.17) is 4.74 Å². The normalized spacial score (nSPS) is 14.4. The van der Waals surface area contributed by atoms with Crippen LogP contribution < -0.4 is 0 Å². The summed E-state index contributed by atoms with van der Waals surface area (Å²) < 4.78 is 5.39. The van der Waals surface area contributed by atoms with Crippen LogP contribution in [0.15, 0.2) is 12.1 Å². The molecule has 4 nitrogen and oxygen atoms in total. The molecule has 0 saturated heterocycles. The third kappa shape index (κ3) is 2.93. The van der Waals surface area contributed by atoms with Crippen LogP contribution in [0.25, 0.3) is 0 Å². The quantitative estimate of drug-likeness (QED) is 0.729. The maximum absolute atomic E-state index is 12.1. The van der Waals surface area contributed by atoms with E-state index in [1.807, 2.05) is 39.8 Å². The Morgan fingerprint density at radius 2 is 2.10 bits per heavy atom. The summed E-state index contributed by atoms with van der Waals surface area (Å²) in [6.07, 6.45) is 0.418. The maximum atomic E-state index is 12.1. The van der Waals surface area contributed by atoms with Crippen molar-refractivity contribution in [1.29, 1.82) is 5.26 Å². The number of aryl methyl sites for hydroxylation is 1. The van der Waals surface area contributed by atoms with Crippen LogP contribution in [0.2, 0.25) is 0 Å². The Balaban J connectivity index is 2.21. The highest BCUT2D eigenvalue weighted by atomic mass is 16.6. The number of rotatable bonds is 0. The molecule has 0 fully saturated rings. The molecule has 1 aromatic carbocycles. The summed E-state index contributed by atoms with van der Waals surface area (Å²) in [5, 5.41) is 9.25. The minimum absolute atomic E-state index is 0.290. The minimum Gasteiger partial charge on any atom is -0.444 e. The molecule has 0 unspecified atom stereocenters. The smallest absolute Gasteiger partial charge is 0.410 e. The Bertz CT molecular complexity index is 579. The Kier molecular flexibility index (Phi) is 3.71. The number of benzene rings is 1. The van der Waals surface area contributed by atoms with Crippen LogP contribution in [0.5, 0.6) is 0 Å². The van der Waals surface area contributed by atoms with Crippen LogP contribution in [0.4, 0.5) is 4.79 Å². The molecule has 0 saturated carbocycles. The molecular formula is C16H20N2O2. The molecule has 1 aromatic rings. The third-order valence-electron chi connectivity index (χ3n) is 3.37. The van der Waals surface area contributed by atoms with Gasteiger partial charge in [-0.3, -0.25) is 0 Å². The van der Waals surface area contributed by atoms with Crippen LogP contribution in [0, 0.1) is 18.3 Å². The van der Waals surface area contributed by atoms with Gasteiger partial charge in [0.25, 0.3) is 0 Å². The molecule has 0 aliphatic carbocycles. The molecule has 4 heteroatoms. The van der Waals surface area contributed by atoms with Crippen LogP contribution >= 0.6 is 0 Å². The van der Waals surface area contributed by atoms with Crippen molar-refractivity contribution in [2.75, 3.05) is 6.54 Å². The Hall–Kier alpha value is -2.02. The SMILES string of the molecule is Cc1ccc2c(c1C#N)CCN(C(=O)OC(C)(C)C)C2. The first kappa shape index (κ1) is 14.4. The number of nitriles is 1. The summed E-state index contributed by atoms with van der Waals surface area (Å²) in [6, 6.07) is 6.21. The summed E-state index contributed by atoms with van der Waals surface area (Å²) in [7, 11) is 0. The van der Waals surface area contributed by atoms with Gasteiger partial charge in [-0.25, -0.2) is 4.79 Å². The molecule has 0 radical (unpaired) electrons. The second kappa shape index (κ2) is 5.16. The van der Waals surface area contributed by atoms with Gasteiger partial charge in [-0.05, 0) is 50.8 Å². The van der Waals surface area contributed by atoms with Gasteiger partial charge in [0.05, 0.1) is 11.6 Å². The van der Waals surface area contributed by atoms with Crippen molar-refractivity contribution in [1.82, 2.24) is 4.90 Å². The van der Waals surface area contributed by atoms with Gasteiger partial charge in [-0.15, -0.1) is 0 Å². The molecule has 0 aromatic heterocycles. The first-order chi connectivity index (χ1) is 9.31. The number of nitrogens with zero attached hydrogens (tertiary/aromatic N) is 2. The van der Waals surface area contributed by atoms with Crippen molar-refractivity contribution in [3.63, 3.8) is 0 Å². The Morgan fingerprint density at radius 1 is 1.40 bits per heavy atom. The second-order valence-corrected chi connectivity index (χ2v) is 6.16. The molecule has 106 valence electrons. The molecule has 1 aliphatic rings. The molecule has 0 atom stereocenters. The van der Waals surface area contributed by atoms with Gasteiger partial charge in [0.2, 0.25) is 0 Å². The number of amides is 1. The highest BCUT2D eigenvalue weighted by Gasteiger charge is 2.27. The lowest BCUT2D eigenvalue weighted by molar-refractivity contribution is 0.0224. The summed E-state index contributed by atoms with van der Waals surface area (Å²) in [4.78, 5) is 13.8. The fraction of sp³-hybridized carbons (Fsp3) is 0.500. The van der Waals surface area contributed by atoms with Gasteiger partial charge in [-0.1, -0.05) is 12.1 Å². The lowest BCUT2D eigenvalue weighted by atomic mass is 9.92. The standard InChI is InChI=1S/C16H20N2O2/c1-11-5-6-12-10-18(15(19)20-16(2,3)4)8-7-13(12)14(11)9-17/h5-6H,7-8,10H2,1-4H3.